The fourth-order valence-electron chi connectivity index (χ4n) is 2.66. The van der Waals surface area contributed by atoms with Crippen LogP contribution in [0, 0.1) is 0 Å². The van der Waals surface area contributed by atoms with Crippen molar-refractivity contribution >= 4 is 21.9 Å². The normalized spacial score (nSPS) is 15.0. The lowest BCUT2D eigenvalue weighted by Gasteiger charge is -2.17. The number of halogens is 1. The zero-order chi connectivity index (χ0) is 16.6. The SMILES string of the molecule is O=C(OC1(c2ccccc2Br)CC1)c1ncn(-c2ccccc2)n1. The van der Waals surface area contributed by atoms with Crippen molar-refractivity contribution < 1.29 is 9.53 Å². The van der Waals surface area contributed by atoms with E-state index in [1.54, 1.807) is 4.68 Å². The van der Waals surface area contributed by atoms with Gasteiger partial charge in [-0.2, -0.15) is 0 Å². The summed E-state index contributed by atoms with van der Waals surface area (Å²) in [6.45, 7) is 0. The number of carbonyl (C=O) groups is 1. The molecule has 1 aliphatic rings. The van der Waals surface area contributed by atoms with Crippen LogP contribution in [0.3, 0.4) is 0 Å². The second kappa shape index (κ2) is 5.87. The van der Waals surface area contributed by atoms with E-state index in [2.05, 4.69) is 26.0 Å². The number of hydrogen-bond acceptors (Lipinski definition) is 4. The lowest BCUT2D eigenvalue weighted by molar-refractivity contribution is 0.0198. The van der Waals surface area contributed by atoms with Crippen molar-refractivity contribution in [1.82, 2.24) is 14.8 Å². The molecule has 0 atom stereocenters. The van der Waals surface area contributed by atoms with Crippen molar-refractivity contribution in [3.63, 3.8) is 0 Å². The van der Waals surface area contributed by atoms with Crippen LogP contribution in [-0.2, 0) is 10.3 Å². The van der Waals surface area contributed by atoms with Crippen molar-refractivity contribution in [1.29, 1.82) is 0 Å². The number of para-hydroxylation sites is 1. The molecule has 120 valence electrons. The molecule has 0 spiro atoms. The first kappa shape index (κ1) is 15.1. The molecular formula is C18H14BrN3O2. The summed E-state index contributed by atoms with van der Waals surface area (Å²) in [5.41, 5.74) is 1.27. The summed E-state index contributed by atoms with van der Waals surface area (Å²) in [6.07, 6.45) is 3.13. The van der Waals surface area contributed by atoms with Crippen molar-refractivity contribution in [2.45, 2.75) is 18.4 Å². The molecule has 1 heterocycles. The molecular weight excluding hydrogens is 370 g/mol. The lowest BCUT2D eigenvalue weighted by Crippen LogP contribution is -2.19. The number of ether oxygens (including phenoxy) is 1. The Hall–Kier alpha value is -2.47. The molecule has 0 bridgehead atoms. The van der Waals surface area contributed by atoms with E-state index in [1.165, 1.54) is 6.33 Å². The summed E-state index contributed by atoms with van der Waals surface area (Å²) >= 11 is 3.53. The van der Waals surface area contributed by atoms with Gasteiger partial charge in [0.05, 0.1) is 5.69 Å². The lowest BCUT2D eigenvalue weighted by atomic mass is 10.1. The average Bonchev–Trinajstić information content (AvgIpc) is 3.21. The van der Waals surface area contributed by atoms with Gasteiger partial charge in [-0.1, -0.05) is 52.3 Å². The molecule has 1 fully saturated rings. The third kappa shape index (κ3) is 2.73. The number of carbonyl (C=O) groups excluding carboxylic acids is 1. The summed E-state index contributed by atoms with van der Waals surface area (Å²) in [6, 6.07) is 17.3. The molecule has 0 amide bonds. The van der Waals surface area contributed by atoms with E-state index >= 15 is 0 Å². The maximum absolute atomic E-state index is 12.5. The van der Waals surface area contributed by atoms with Crippen LogP contribution in [0.1, 0.15) is 29.0 Å². The molecule has 0 unspecified atom stereocenters. The molecule has 1 saturated carbocycles. The van der Waals surface area contributed by atoms with E-state index in [0.717, 1.165) is 28.6 Å². The molecule has 0 saturated heterocycles. The van der Waals surface area contributed by atoms with Crippen LogP contribution in [0.2, 0.25) is 0 Å². The van der Waals surface area contributed by atoms with Gasteiger partial charge in [-0.25, -0.2) is 14.5 Å². The monoisotopic (exact) mass is 383 g/mol. The number of aromatic nitrogens is 3. The van der Waals surface area contributed by atoms with E-state index < -0.39 is 11.6 Å². The third-order valence-electron chi connectivity index (χ3n) is 4.05. The predicted octanol–water partition coefficient (Wildman–Crippen LogP) is 3.88. The highest BCUT2D eigenvalue weighted by molar-refractivity contribution is 9.10. The smallest absolute Gasteiger partial charge is 0.379 e. The second-order valence-electron chi connectivity index (χ2n) is 5.71. The molecule has 4 rings (SSSR count). The Balaban J connectivity index is 1.55. The number of rotatable bonds is 4. The fraction of sp³-hybridized carbons (Fsp3) is 0.167. The number of benzene rings is 2. The summed E-state index contributed by atoms with van der Waals surface area (Å²) in [7, 11) is 0. The average molecular weight is 384 g/mol. The van der Waals surface area contributed by atoms with Crippen LogP contribution >= 0.6 is 15.9 Å². The largest absolute Gasteiger partial charge is 0.448 e. The van der Waals surface area contributed by atoms with Crippen LogP contribution in [0.25, 0.3) is 5.69 Å². The number of nitrogens with zero attached hydrogens (tertiary/aromatic N) is 3. The third-order valence-corrected chi connectivity index (χ3v) is 4.74. The Morgan fingerprint density at radius 3 is 2.50 bits per heavy atom. The molecule has 24 heavy (non-hydrogen) atoms. The highest BCUT2D eigenvalue weighted by Crippen LogP contribution is 2.51. The molecule has 6 heteroatoms. The first-order valence-corrected chi connectivity index (χ1v) is 8.43. The first-order valence-electron chi connectivity index (χ1n) is 7.63. The van der Waals surface area contributed by atoms with Gasteiger partial charge in [0.1, 0.15) is 11.9 Å². The van der Waals surface area contributed by atoms with Crippen molar-refractivity contribution in [3.05, 3.63) is 76.8 Å². The van der Waals surface area contributed by atoms with E-state index in [9.17, 15) is 4.79 Å². The first-order chi connectivity index (χ1) is 11.7. The topological polar surface area (TPSA) is 57.0 Å². The molecule has 1 aromatic heterocycles. The number of esters is 1. The van der Waals surface area contributed by atoms with Gasteiger partial charge in [0, 0.05) is 10.0 Å². The summed E-state index contributed by atoms with van der Waals surface area (Å²) in [5.74, 6) is -0.435. The van der Waals surface area contributed by atoms with E-state index in [-0.39, 0.29) is 5.82 Å². The Labute approximate surface area is 147 Å². The van der Waals surface area contributed by atoms with E-state index in [4.69, 9.17) is 4.74 Å². The van der Waals surface area contributed by atoms with Gasteiger partial charge < -0.3 is 4.74 Å². The van der Waals surface area contributed by atoms with Crippen LogP contribution in [0.15, 0.2) is 65.4 Å². The minimum Gasteiger partial charge on any atom is -0.448 e. The molecule has 1 aliphatic carbocycles. The molecule has 5 nitrogen and oxygen atoms in total. The van der Waals surface area contributed by atoms with Crippen molar-refractivity contribution in [2.24, 2.45) is 0 Å². The van der Waals surface area contributed by atoms with Crippen LogP contribution < -0.4 is 0 Å². The Morgan fingerprint density at radius 1 is 1.08 bits per heavy atom. The second-order valence-corrected chi connectivity index (χ2v) is 6.57. The molecule has 2 aromatic carbocycles. The maximum atomic E-state index is 12.5. The molecule has 0 aliphatic heterocycles. The minimum absolute atomic E-state index is 0.0668. The quantitative estimate of drug-likeness (QED) is 0.641. The zero-order valence-electron chi connectivity index (χ0n) is 12.7. The Morgan fingerprint density at radius 2 is 1.79 bits per heavy atom. The predicted molar refractivity (Wildman–Crippen MR) is 91.8 cm³/mol. The molecule has 3 aromatic rings. The summed E-state index contributed by atoms with van der Waals surface area (Å²) < 4.78 is 8.25. The van der Waals surface area contributed by atoms with E-state index in [0.29, 0.717) is 0 Å². The summed E-state index contributed by atoms with van der Waals surface area (Å²) in [5, 5.41) is 4.23. The van der Waals surface area contributed by atoms with Crippen LogP contribution in [0.5, 0.6) is 0 Å². The van der Waals surface area contributed by atoms with Gasteiger partial charge in [-0.3, -0.25) is 0 Å². The van der Waals surface area contributed by atoms with Gasteiger partial charge in [0.15, 0.2) is 0 Å². The van der Waals surface area contributed by atoms with Gasteiger partial charge in [-0.15, -0.1) is 5.10 Å². The highest BCUT2D eigenvalue weighted by Gasteiger charge is 2.50. The molecule has 0 N–H and O–H groups in total. The van der Waals surface area contributed by atoms with Gasteiger partial charge in [0.2, 0.25) is 0 Å². The summed E-state index contributed by atoms with van der Waals surface area (Å²) in [4.78, 5) is 16.5. The van der Waals surface area contributed by atoms with Crippen molar-refractivity contribution in [2.75, 3.05) is 0 Å². The maximum Gasteiger partial charge on any atom is 0.379 e. The Bertz CT molecular complexity index is 888. The zero-order valence-corrected chi connectivity index (χ0v) is 14.3. The van der Waals surface area contributed by atoms with Crippen molar-refractivity contribution in [3.8, 4) is 5.69 Å². The van der Waals surface area contributed by atoms with E-state index in [1.807, 2.05) is 54.6 Å². The number of hydrogen-bond donors (Lipinski definition) is 0. The standard InChI is InChI=1S/C18H14BrN3O2/c19-15-9-5-4-8-14(15)18(10-11-18)24-17(23)16-20-12-22(21-16)13-6-2-1-3-7-13/h1-9,12H,10-11H2. The van der Waals surface area contributed by atoms with Gasteiger partial charge >= 0.3 is 5.97 Å². The van der Waals surface area contributed by atoms with Crippen LogP contribution in [0.4, 0.5) is 0 Å². The highest BCUT2D eigenvalue weighted by atomic mass is 79.9. The minimum atomic E-state index is -0.560. The Kier molecular flexibility index (Phi) is 3.69. The fourth-order valence-corrected chi connectivity index (χ4v) is 3.30. The van der Waals surface area contributed by atoms with Gasteiger partial charge in [-0.05, 0) is 31.0 Å². The molecule has 0 radical (unpaired) electrons. The van der Waals surface area contributed by atoms with Crippen LogP contribution in [-0.4, -0.2) is 20.7 Å². The van der Waals surface area contributed by atoms with Gasteiger partial charge in [0.25, 0.3) is 5.82 Å².